The molecule has 9 nitrogen and oxygen atoms in total. The van der Waals surface area contributed by atoms with Crippen LogP contribution in [0.3, 0.4) is 0 Å². The Morgan fingerprint density at radius 3 is 2.57 bits per heavy atom. The fourth-order valence-electron chi connectivity index (χ4n) is 3.27. The molecule has 0 fully saturated rings. The summed E-state index contributed by atoms with van der Waals surface area (Å²) in [4.78, 5) is 48.4. The SMILES string of the molecule is C[C@H]1CSC(N(C(=O)Cn2cnc3c2c(=O)n(C)c(=O)n3C)c2ccc(Cl)cc2)=N1. The van der Waals surface area contributed by atoms with Crippen LogP contribution in [0.25, 0.3) is 11.2 Å². The Bertz CT molecular complexity index is 1290. The number of aromatic nitrogens is 4. The standard InChI is InChI=1S/C19H19ClN6O3S/c1-11-9-30-18(22-11)26(13-6-4-12(20)5-7-13)14(27)8-25-10-21-16-15(25)17(28)24(3)19(29)23(16)2/h4-7,10-11H,8-9H2,1-3H3/t11-/m0/s1. The monoisotopic (exact) mass is 446 g/mol. The van der Waals surface area contributed by atoms with Crippen LogP contribution in [-0.4, -0.2) is 41.6 Å². The van der Waals surface area contributed by atoms with Gasteiger partial charge in [-0.3, -0.25) is 28.6 Å². The van der Waals surface area contributed by atoms with Gasteiger partial charge in [-0.05, 0) is 31.2 Å². The Kier molecular flexibility index (Phi) is 5.29. The summed E-state index contributed by atoms with van der Waals surface area (Å²) in [5, 5.41) is 1.16. The molecule has 0 saturated carbocycles. The molecule has 1 aliphatic heterocycles. The molecule has 0 aliphatic carbocycles. The highest BCUT2D eigenvalue weighted by atomic mass is 35.5. The molecule has 3 heterocycles. The van der Waals surface area contributed by atoms with Crippen molar-refractivity contribution in [3.05, 3.63) is 56.5 Å². The minimum absolute atomic E-state index is 0.100. The summed E-state index contributed by atoms with van der Waals surface area (Å²) in [5.41, 5.74) is 0.0817. The van der Waals surface area contributed by atoms with Crippen LogP contribution in [0.2, 0.25) is 5.02 Å². The van der Waals surface area contributed by atoms with E-state index >= 15 is 0 Å². The predicted molar refractivity (Wildman–Crippen MR) is 119 cm³/mol. The number of hydrogen-bond donors (Lipinski definition) is 0. The minimum atomic E-state index is -0.502. The van der Waals surface area contributed by atoms with E-state index in [1.807, 2.05) is 6.92 Å². The number of aliphatic imine (C=N–C) groups is 1. The molecule has 0 bridgehead atoms. The number of rotatable bonds is 3. The van der Waals surface area contributed by atoms with E-state index in [0.29, 0.717) is 15.9 Å². The maximum Gasteiger partial charge on any atom is 0.332 e. The van der Waals surface area contributed by atoms with Gasteiger partial charge in [0.25, 0.3) is 11.5 Å². The zero-order chi connectivity index (χ0) is 21.6. The number of fused-ring (bicyclic) bond motifs is 1. The zero-order valence-corrected chi connectivity index (χ0v) is 18.1. The highest BCUT2D eigenvalue weighted by molar-refractivity contribution is 8.14. The number of aryl methyl sites for hydroxylation is 1. The van der Waals surface area contributed by atoms with Crippen LogP contribution < -0.4 is 16.1 Å². The molecule has 3 aromatic rings. The van der Waals surface area contributed by atoms with Crippen LogP contribution in [0, 0.1) is 0 Å². The number of amides is 1. The maximum atomic E-state index is 13.4. The number of hydrogen-bond acceptors (Lipinski definition) is 6. The molecule has 0 N–H and O–H groups in total. The topological polar surface area (TPSA) is 94.5 Å². The Balaban J connectivity index is 1.77. The average molecular weight is 447 g/mol. The van der Waals surface area contributed by atoms with E-state index in [-0.39, 0.29) is 29.7 Å². The van der Waals surface area contributed by atoms with Crippen LogP contribution >= 0.6 is 23.4 Å². The fourth-order valence-corrected chi connectivity index (χ4v) is 4.45. The van der Waals surface area contributed by atoms with E-state index in [1.54, 1.807) is 24.3 Å². The van der Waals surface area contributed by atoms with E-state index in [1.165, 1.54) is 46.2 Å². The largest absolute Gasteiger partial charge is 0.332 e. The molecule has 0 spiro atoms. The van der Waals surface area contributed by atoms with E-state index in [2.05, 4.69) is 9.98 Å². The van der Waals surface area contributed by atoms with Crippen LogP contribution in [0.15, 0.2) is 45.2 Å². The Morgan fingerprint density at radius 2 is 1.93 bits per heavy atom. The van der Waals surface area contributed by atoms with Gasteiger partial charge in [-0.2, -0.15) is 0 Å². The van der Waals surface area contributed by atoms with Crippen LogP contribution in [0.1, 0.15) is 6.92 Å². The lowest BCUT2D eigenvalue weighted by Gasteiger charge is -2.22. The van der Waals surface area contributed by atoms with Gasteiger partial charge in [-0.25, -0.2) is 9.78 Å². The summed E-state index contributed by atoms with van der Waals surface area (Å²) >= 11 is 7.50. The third-order valence-electron chi connectivity index (χ3n) is 4.83. The molecule has 0 radical (unpaired) electrons. The van der Waals surface area contributed by atoms with E-state index < -0.39 is 11.2 Å². The number of thioether (sulfide) groups is 1. The normalized spacial score (nSPS) is 16.1. The van der Waals surface area contributed by atoms with Gasteiger partial charge >= 0.3 is 5.69 Å². The second kappa shape index (κ2) is 7.77. The molecule has 1 aliphatic rings. The van der Waals surface area contributed by atoms with Crippen molar-refractivity contribution in [1.82, 2.24) is 18.7 Å². The molecule has 1 aromatic carbocycles. The highest BCUT2D eigenvalue weighted by Gasteiger charge is 2.28. The number of benzene rings is 1. The van der Waals surface area contributed by atoms with Gasteiger partial charge in [-0.1, -0.05) is 23.4 Å². The van der Waals surface area contributed by atoms with Gasteiger partial charge in [0.1, 0.15) is 6.54 Å². The number of carbonyl (C=O) groups excluding carboxylic acids is 1. The Labute approximate surface area is 180 Å². The van der Waals surface area contributed by atoms with Crippen LogP contribution in [0.5, 0.6) is 0 Å². The van der Waals surface area contributed by atoms with Crippen molar-refractivity contribution in [2.45, 2.75) is 19.5 Å². The molecule has 156 valence electrons. The van der Waals surface area contributed by atoms with Crippen molar-refractivity contribution in [2.75, 3.05) is 10.7 Å². The van der Waals surface area contributed by atoms with Gasteiger partial charge in [0, 0.05) is 24.9 Å². The second-order valence-electron chi connectivity index (χ2n) is 7.03. The van der Waals surface area contributed by atoms with Gasteiger partial charge in [0.05, 0.1) is 18.1 Å². The van der Waals surface area contributed by atoms with Gasteiger partial charge in [-0.15, -0.1) is 0 Å². The molecule has 4 rings (SSSR count). The van der Waals surface area contributed by atoms with Crippen LogP contribution in [0.4, 0.5) is 5.69 Å². The quantitative estimate of drug-likeness (QED) is 0.609. The van der Waals surface area contributed by atoms with E-state index in [9.17, 15) is 14.4 Å². The first-order valence-electron chi connectivity index (χ1n) is 9.18. The lowest BCUT2D eigenvalue weighted by atomic mass is 10.3. The first-order valence-corrected chi connectivity index (χ1v) is 10.5. The molecule has 2 aromatic heterocycles. The minimum Gasteiger partial charge on any atom is -0.315 e. The summed E-state index contributed by atoms with van der Waals surface area (Å²) in [7, 11) is 2.93. The number of imidazole rings is 1. The predicted octanol–water partition coefficient (Wildman–Crippen LogP) is 1.61. The average Bonchev–Trinajstić information content (AvgIpc) is 3.33. The third kappa shape index (κ3) is 3.46. The molecule has 1 amide bonds. The van der Waals surface area contributed by atoms with E-state index in [0.717, 1.165) is 10.3 Å². The Hall–Kier alpha value is -2.85. The molecule has 0 unspecified atom stereocenters. The number of carbonyl (C=O) groups is 1. The first kappa shape index (κ1) is 20.4. The first-order chi connectivity index (χ1) is 14.3. The van der Waals surface area contributed by atoms with Crippen molar-refractivity contribution in [3.63, 3.8) is 0 Å². The molecule has 1 atom stereocenters. The zero-order valence-electron chi connectivity index (χ0n) is 16.6. The number of anilines is 1. The summed E-state index contributed by atoms with van der Waals surface area (Å²) in [6, 6.07) is 7.02. The smallest absolute Gasteiger partial charge is 0.315 e. The van der Waals surface area contributed by atoms with E-state index in [4.69, 9.17) is 11.6 Å². The number of amidine groups is 1. The molecular formula is C19H19ClN6O3S. The summed E-state index contributed by atoms with van der Waals surface area (Å²) in [6.45, 7) is 1.85. The molecular weight excluding hydrogens is 428 g/mol. The summed E-state index contributed by atoms with van der Waals surface area (Å²) in [6.07, 6.45) is 1.40. The number of halogens is 1. The Morgan fingerprint density at radius 1 is 1.23 bits per heavy atom. The van der Waals surface area contributed by atoms with Gasteiger partial charge in [0.15, 0.2) is 16.3 Å². The van der Waals surface area contributed by atoms with Crippen molar-refractivity contribution < 1.29 is 4.79 Å². The van der Waals surface area contributed by atoms with Gasteiger partial charge < -0.3 is 4.57 Å². The lowest BCUT2D eigenvalue weighted by Crippen LogP contribution is -2.39. The van der Waals surface area contributed by atoms with Crippen molar-refractivity contribution in [1.29, 1.82) is 0 Å². The molecule has 30 heavy (non-hydrogen) atoms. The lowest BCUT2D eigenvalue weighted by molar-refractivity contribution is -0.118. The van der Waals surface area contributed by atoms with Crippen molar-refractivity contribution in [3.8, 4) is 0 Å². The number of nitrogens with zero attached hydrogens (tertiary/aromatic N) is 6. The molecule has 11 heteroatoms. The summed E-state index contributed by atoms with van der Waals surface area (Å²) < 4.78 is 3.75. The highest BCUT2D eigenvalue weighted by Crippen LogP contribution is 2.27. The van der Waals surface area contributed by atoms with Crippen LogP contribution in [-0.2, 0) is 25.4 Å². The third-order valence-corrected chi connectivity index (χ3v) is 6.28. The maximum absolute atomic E-state index is 13.4. The fraction of sp³-hybridized carbons (Fsp3) is 0.316. The second-order valence-corrected chi connectivity index (χ2v) is 8.45. The van der Waals surface area contributed by atoms with Crippen molar-refractivity contribution in [2.24, 2.45) is 19.1 Å². The summed E-state index contributed by atoms with van der Waals surface area (Å²) in [5.74, 6) is 0.497. The molecule has 0 saturated heterocycles. The van der Waals surface area contributed by atoms with Crippen molar-refractivity contribution >= 4 is 51.3 Å². The van der Waals surface area contributed by atoms with Gasteiger partial charge in [0.2, 0.25) is 0 Å².